The second-order valence-electron chi connectivity index (χ2n) is 9.49. The standard InChI is InChI=1S/C29H26F3NO6/c1-16(2)15-38-23-13-6-19(14-17(23)3)26(35)24-25(18-4-9-21(34)10-5-18)33(28(37)27(24)36)20-7-11-22(12-8-20)39-29(30,31)32/h4-14,16,25,34-35H,15H2,1-3H3/b26-24-. The van der Waals surface area contributed by atoms with Crippen molar-refractivity contribution in [1.82, 2.24) is 0 Å². The van der Waals surface area contributed by atoms with E-state index in [1.807, 2.05) is 13.8 Å². The molecule has 0 radical (unpaired) electrons. The molecule has 3 aromatic carbocycles. The molecule has 1 aliphatic heterocycles. The van der Waals surface area contributed by atoms with Crippen LogP contribution < -0.4 is 14.4 Å². The van der Waals surface area contributed by atoms with Gasteiger partial charge in [-0.15, -0.1) is 13.2 Å². The maximum Gasteiger partial charge on any atom is 0.573 e. The summed E-state index contributed by atoms with van der Waals surface area (Å²) < 4.78 is 47.5. The number of aliphatic hydroxyl groups excluding tert-OH is 1. The summed E-state index contributed by atoms with van der Waals surface area (Å²) >= 11 is 0. The number of aryl methyl sites for hydroxylation is 1. The number of ketones is 1. The highest BCUT2D eigenvalue weighted by atomic mass is 19.4. The Morgan fingerprint density at radius 2 is 1.64 bits per heavy atom. The first kappa shape index (κ1) is 27.6. The number of aromatic hydroxyl groups is 1. The average molecular weight is 542 g/mol. The van der Waals surface area contributed by atoms with E-state index >= 15 is 0 Å². The summed E-state index contributed by atoms with van der Waals surface area (Å²) in [4.78, 5) is 27.6. The Balaban J connectivity index is 1.80. The molecule has 1 atom stereocenters. The number of benzene rings is 3. The van der Waals surface area contributed by atoms with Crippen LogP contribution in [0.3, 0.4) is 0 Å². The lowest BCUT2D eigenvalue weighted by atomic mass is 9.94. The summed E-state index contributed by atoms with van der Waals surface area (Å²) in [6.07, 6.45) is -4.90. The van der Waals surface area contributed by atoms with Crippen LogP contribution in [0, 0.1) is 12.8 Å². The van der Waals surface area contributed by atoms with Crippen LogP contribution in [-0.2, 0) is 9.59 Å². The molecule has 1 amide bonds. The van der Waals surface area contributed by atoms with Gasteiger partial charge in [-0.05, 0) is 78.6 Å². The zero-order valence-electron chi connectivity index (χ0n) is 21.3. The van der Waals surface area contributed by atoms with E-state index in [4.69, 9.17) is 4.74 Å². The Morgan fingerprint density at radius 1 is 1.00 bits per heavy atom. The van der Waals surface area contributed by atoms with Crippen LogP contribution in [0.25, 0.3) is 5.76 Å². The predicted octanol–water partition coefficient (Wildman–Crippen LogP) is 6.26. The molecule has 2 N–H and O–H groups in total. The number of rotatable bonds is 7. The molecule has 1 unspecified atom stereocenters. The van der Waals surface area contributed by atoms with Gasteiger partial charge in [0.05, 0.1) is 18.2 Å². The van der Waals surface area contributed by atoms with Crippen molar-refractivity contribution in [3.63, 3.8) is 0 Å². The summed E-state index contributed by atoms with van der Waals surface area (Å²) in [6.45, 7) is 6.29. The van der Waals surface area contributed by atoms with Crippen molar-refractivity contribution in [2.75, 3.05) is 11.5 Å². The average Bonchev–Trinajstić information content (AvgIpc) is 3.13. The Bertz CT molecular complexity index is 1410. The van der Waals surface area contributed by atoms with Crippen LogP contribution in [0.4, 0.5) is 18.9 Å². The monoisotopic (exact) mass is 541 g/mol. The third kappa shape index (κ3) is 6.00. The summed E-state index contributed by atoms with van der Waals surface area (Å²) in [5.74, 6) is -2.03. The van der Waals surface area contributed by atoms with Gasteiger partial charge >= 0.3 is 6.36 Å². The number of halogens is 3. The maximum atomic E-state index is 13.3. The quantitative estimate of drug-likeness (QED) is 0.208. The Morgan fingerprint density at radius 3 is 2.21 bits per heavy atom. The molecular weight excluding hydrogens is 515 g/mol. The topological polar surface area (TPSA) is 96.3 Å². The molecule has 1 aliphatic rings. The first-order valence-corrected chi connectivity index (χ1v) is 12.0. The van der Waals surface area contributed by atoms with Crippen molar-refractivity contribution < 1.29 is 42.4 Å². The van der Waals surface area contributed by atoms with Crippen molar-refractivity contribution in [3.05, 3.63) is 89.0 Å². The van der Waals surface area contributed by atoms with Gasteiger partial charge in [0.15, 0.2) is 0 Å². The molecule has 3 aromatic rings. The molecule has 0 bridgehead atoms. The number of hydrogen-bond donors (Lipinski definition) is 2. The van der Waals surface area contributed by atoms with Crippen molar-refractivity contribution in [2.24, 2.45) is 5.92 Å². The number of alkyl halides is 3. The van der Waals surface area contributed by atoms with Gasteiger partial charge in [-0.25, -0.2) is 0 Å². The minimum atomic E-state index is -4.90. The van der Waals surface area contributed by atoms with Crippen LogP contribution in [0.2, 0.25) is 0 Å². The number of ether oxygens (including phenoxy) is 2. The summed E-state index contributed by atoms with van der Waals surface area (Å²) in [6, 6.07) is 13.9. The van der Waals surface area contributed by atoms with Crippen LogP contribution in [0.1, 0.15) is 36.6 Å². The highest BCUT2D eigenvalue weighted by molar-refractivity contribution is 6.51. The molecule has 1 heterocycles. The van der Waals surface area contributed by atoms with Gasteiger partial charge in [0.1, 0.15) is 23.0 Å². The smallest absolute Gasteiger partial charge is 0.508 e. The van der Waals surface area contributed by atoms with E-state index < -0.39 is 35.6 Å². The van der Waals surface area contributed by atoms with Crippen molar-refractivity contribution in [3.8, 4) is 17.2 Å². The van der Waals surface area contributed by atoms with E-state index in [1.165, 1.54) is 36.4 Å². The number of phenolic OH excluding ortho intramolecular Hbond substituents is 1. The fourth-order valence-corrected chi connectivity index (χ4v) is 4.25. The van der Waals surface area contributed by atoms with E-state index in [0.29, 0.717) is 29.4 Å². The number of nitrogens with zero attached hydrogens (tertiary/aromatic N) is 1. The molecule has 7 nitrogen and oxygen atoms in total. The van der Waals surface area contributed by atoms with E-state index in [-0.39, 0.29) is 22.6 Å². The molecule has 10 heteroatoms. The lowest BCUT2D eigenvalue weighted by Gasteiger charge is -2.25. The molecule has 4 rings (SSSR count). The molecule has 0 spiro atoms. The van der Waals surface area contributed by atoms with Crippen molar-refractivity contribution in [2.45, 2.75) is 33.2 Å². The zero-order valence-corrected chi connectivity index (χ0v) is 21.3. The second kappa shape index (κ2) is 10.7. The van der Waals surface area contributed by atoms with Crippen LogP contribution in [0.15, 0.2) is 72.3 Å². The van der Waals surface area contributed by atoms with Gasteiger partial charge < -0.3 is 19.7 Å². The Hall–Kier alpha value is -4.47. The van der Waals surface area contributed by atoms with Crippen LogP contribution >= 0.6 is 0 Å². The van der Waals surface area contributed by atoms with Crippen LogP contribution in [0.5, 0.6) is 17.2 Å². The molecule has 204 valence electrons. The number of aliphatic hydroxyl groups is 1. The normalized spacial score (nSPS) is 17.1. The zero-order chi connectivity index (χ0) is 28.5. The predicted molar refractivity (Wildman–Crippen MR) is 138 cm³/mol. The van der Waals surface area contributed by atoms with E-state index in [2.05, 4.69) is 4.74 Å². The molecule has 0 saturated carbocycles. The van der Waals surface area contributed by atoms with Crippen molar-refractivity contribution in [1.29, 1.82) is 0 Å². The van der Waals surface area contributed by atoms with E-state index in [9.17, 15) is 33.0 Å². The second-order valence-corrected chi connectivity index (χ2v) is 9.49. The fourth-order valence-electron chi connectivity index (χ4n) is 4.25. The third-order valence-corrected chi connectivity index (χ3v) is 6.02. The number of carbonyl (C=O) groups excluding carboxylic acids is 2. The van der Waals surface area contributed by atoms with Gasteiger partial charge in [0, 0.05) is 11.3 Å². The number of phenols is 1. The molecular formula is C29H26F3NO6. The summed E-state index contributed by atoms with van der Waals surface area (Å²) in [5.41, 5.74) is 1.27. The number of hydrogen-bond acceptors (Lipinski definition) is 6. The van der Waals surface area contributed by atoms with Gasteiger partial charge in [-0.3, -0.25) is 14.5 Å². The first-order chi connectivity index (χ1) is 18.4. The van der Waals surface area contributed by atoms with Crippen molar-refractivity contribution >= 4 is 23.1 Å². The lowest BCUT2D eigenvalue weighted by Crippen LogP contribution is -2.29. The number of anilines is 1. The highest BCUT2D eigenvalue weighted by Crippen LogP contribution is 2.43. The Labute approximate surface area is 222 Å². The number of Topliss-reactive ketones (excluding diaryl/α,β-unsaturated/α-hetero) is 1. The minimum Gasteiger partial charge on any atom is -0.508 e. The minimum absolute atomic E-state index is 0.0584. The largest absolute Gasteiger partial charge is 0.573 e. The fraction of sp³-hybridized carbons (Fsp3) is 0.241. The molecule has 1 saturated heterocycles. The molecule has 0 aliphatic carbocycles. The maximum absolute atomic E-state index is 13.3. The van der Waals surface area contributed by atoms with Gasteiger partial charge in [-0.1, -0.05) is 26.0 Å². The SMILES string of the molecule is Cc1cc(/C(O)=C2/C(=O)C(=O)N(c3ccc(OC(F)(F)F)cc3)C2c2ccc(O)cc2)ccc1OCC(C)C. The third-order valence-electron chi connectivity index (χ3n) is 6.02. The first-order valence-electron chi connectivity index (χ1n) is 12.0. The summed E-state index contributed by atoms with van der Waals surface area (Å²) in [5, 5.41) is 21.1. The molecule has 0 aromatic heterocycles. The van der Waals surface area contributed by atoms with Crippen LogP contribution in [-0.4, -0.2) is 34.9 Å². The summed E-state index contributed by atoms with van der Waals surface area (Å²) in [7, 11) is 0. The molecule has 1 fully saturated rings. The highest BCUT2D eigenvalue weighted by Gasteiger charge is 2.47. The lowest BCUT2D eigenvalue weighted by molar-refractivity contribution is -0.274. The van der Waals surface area contributed by atoms with Gasteiger partial charge in [0.2, 0.25) is 0 Å². The number of amides is 1. The van der Waals surface area contributed by atoms with Gasteiger partial charge in [0.25, 0.3) is 11.7 Å². The molecule has 39 heavy (non-hydrogen) atoms. The number of carbonyl (C=O) groups is 2. The van der Waals surface area contributed by atoms with E-state index in [1.54, 1.807) is 25.1 Å². The Kier molecular flexibility index (Phi) is 7.58. The van der Waals surface area contributed by atoms with E-state index in [0.717, 1.165) is 17.0 Å². The van der Waals surface area contributed by atoms with Gasteiger partial charge in [-0.2, -0.15) is 0 Å².